The van der Waals surface area contributed by atoms with Gasteiger partial charge in [0.2, 0.25) is 5.56 Å². The Balaban J connectivity index is 1.11. The van der Waals surface area contributed by atoms with Gasteiger partial charge in [-0.25, -0.2) is 4.18 Å². The van der Waals surface area contributed by atoms with Crippen LogP contribution in [-0.4, -0.2) is 57.0 Å². The Kier molecular flexibility index (Phi) is 20.1. The zero-order valence-corrected chi connectivity index (χ0v) is 30.7. The Bertz CT molecular complexity index is 1110. The Morgan fingerprint density at radius 3 is 2.09 bits per heavy atom. The Labute approximate surface area is 289 Å². The topological polar surface area (TPSA) is 91.4 Å². The maximum Gasteiger partial charge on any atom is 0.305 e. The molecule has 0 aromatic heterocycles. The second-order valence-electron chi connectivity index (χ2n) is 13.1. The van der Waals surface area contributed by atoms with Crippen LogP contribution in [0.1, 0.15) is 141 Å². The van der Waals surface area contributed by atoms with Gasteiger partial charge < -0.3 is 19.1 Å². The average Bonchev–Trinajstić information content (AvgIpc) is 3.70. The molecule has 0 amide bonds. The van der Waals surface area contributed by atoms with Crippen LogP contribution >= 0.6 is 11.8 Å². The van der Waals surface area contributed by atoms with Crippen molar-refractivity contribution in [3.63, 3.8) is 0 Å². The Morgan fingerprint density at radius 1 is 0.851 bits per heavy atom. The third kappa shape index (κ3) is 17.1. The summed E-state index contributed by atoms with van der Waals surface area (Å²) < 4.78 is 48.0. The lowest BCUT2D eigenvalue weighted by Crippen LogP contribution is -2.30. The predicted octanol–water partition coefficient (Wildman–Crippen LogP) is 9.61. The normalized spacial score (nSPS) is 19.5. The van der Waals surface area contributed by atoms with E-state index in [0.717, 1.165) is 31.2 Å². The van der Waals surface area contributed by atoms with Crippen LogP contribution in [0.15, 0.2) is 40.8 Å². The van der Waals surface area contributed by atoms with E-state index in [4.69, 9.17) is 18.4 Å². The van der Waals surface area contributed by atoms with E-state index >= 15 is 0 Å². The van der Waals surface area contributed by atoms with Gasteiger partial charge in [-0.1, -0.05) is 133 Å². The fourth-order valence-electron chi connectivity index (χ4n) is 5.88. The highest BCUT2D eigenvalue weighted by Gasteiger charge is 2.28. The summed E-state index contributed by atoms with van der Waals surface area (Å²) in [4.78, 5) is 14.3. The molecular formula is C37H61NO7S2. The summed E-state index contributed by atoms with van der Waals surface area (Å²) in [5.41, 5.74) is 0.365. The van der Waals surface area contributed by atoms with Gasteiger partial charge in [0.05, 0.1) is 11.5 Å². The molecule has 10 heteroatoms. The van der Waals surface area contributed by atoms with Gasteiger partial charge in [-0.15, -0.1) is 0 Å². The van der Waals surface area contributed by atoms with E-state index in [0.29, 0.717) is 26.0 Å². The number of benzene rings is 1. The molecule has 2 aliphatic heterocycles. The van der Waals surface area contributed by atoms with Crippen molar-refractivity contribution in [2.45, 2.75) is 165 Å². The number of unbranched alkanes of at least 4 members (excludes halogenated alkanes) is 16. The molecule has 268 valence electrons. The van der Waals surface area contributed by atoms with Gasteiger partial charge in [0.15, 0.2) is 6.29 Å². The molecule has 1 aromatic carbocycles. The monoisotopic (exact) mass is 695 g/mol. The van der Waals surface area contributed by atoms with Crippen LogP contribution in [0.25, 0.3) is 0 Å². The summed E-state index contributed by atoms with van der Waals surface area (Å²) in [7, 11) is -3.86. The largest absolute Gasteiger partial charge is 0.463 e. The molecule has 1 saturated heterocycles. The molecule has 0 spiro atoms. The maximum absolute atomic E-state index is 12.7. The van der Waals surface area contributed by atoms with Gasteiger partial charge in [0, 0.05) is 19.2 Å². The number of aryl methyl sites for hydroxylation is 1. The lowest BCUT2D eigenvalue weighted by molar-refractivity contribution is -0.148. The van der Waals surface area contributed by atoms with Gasteiger partial charge in [0.1, 0.15) is 12.7 Å². The highest BCUT2D eigenvalue weighted by atomic mass is 32.2. The third-order valence-electron chi connectivity index (χ3n) is 8.82. The van der Waals surface area contributed by atoms with Crippen molar-refractivity contribution in [2.75, 3.05) is 19.8 Å². The van der Waals surface area contributed by atoms with E-state index in [1.54, 1.807) is 24.3 Å². The quantitative estimate of drug-likeness (QED) is 0.0507. The van der Waals surface area contributed by atoms with Crippen molar-refractivity contribution >= 4 is 27.8 Å². The summed E-state index contributed by atoms with van der Waals surface area (Å²) in [6.45, 7) is 5.53. The first-order valence-corrected chi connectivity index (χ1v) is 20.7. The Morgan fingerprint density at radius 2 is 1.45 bits per heavy atom. The summed E-state index contributed by atoms with van der Waals surface area (Å²) >= 11 is 1.32. The molecule has 47 heavy (non-hydrogen) atoms. The van der Waals surface area contributed by atoms with Crippen LogP contribution in [0.5, 0.6) is 0 Å². The SMILES string of the molecule is CCCCCCCCCCCCCCCCCC1OCC(COC(=O)CCCCCN2C=CSC2OS(=O)(=O)c2ccc(C)cc2)O1. The first-order chi connectivity index (χ1) is 22.9. The van der Waals surface area contributed by atoms with Gasteiger partial charge >= 0.3 is 5.97 Å². The fraction of sp³-hybridized carbons (Fsp3) is 0.757. The number of rotatable bonds is 27. The predicted molar refractivity (Wildman–Crippen MR) is 190 cm³/mol. The molecule has 0 saturated carbocycles. The number of carbonyl (C=O) groups is 1. The second kappa shape index (κ2) is 23.7. The van der Waals surface area contributed by atoms with E-state index in [1.165, 1.54) is 102 Å². The molecule has 3 rings (SSSR count). The van der Waals surface area contributed by atoms with Crippen LogP contribution in [0.4, 0.5) is 0 Å². The highest BCUT2D eigenvalue weighted by Crippen LogP contribution is 2.30. The second-order valence-corrected chi connectivity index (χ2v) is 15.6. The van der Waals surface area contributed by atoms with Gasteiger partial charge in [-0.2, -0.15) is 8.42 Å². The molecule has 8 nitrogen and oxygen atoms in total. The van der Waals surface area contributed by atoms with Crippen molar-refractivity contribution in [1.82, 2.24) is 4.90 Å². The van der Waals surface area contributed by atoms with E-state index < -0.39 is 15.7 Å². The van der Waals surface area contributed by atoms with E-state index in [2.05, 4.69) is 6.92 Å². The van der Waals surface area contributed by atoms with Crippen molar-refractivity contribution in [3.05, 3.63) is 41.4 Å². The maximum atomic E-state index is 12.7. The molecule has 0 radical (unpaired) electrons. The molecule has 0 bridgehead atoms. The zero-order chi connectivity index (χ0) is 33.6. The minimum Gasteiger partial charge on any atom is -0.463 e. The van der Waals surface area contributed by atoms with Crippen molar-refractivity contribution in [3.8, 4) is 0 Å². The fourth-order valence-corrected chi connectivity index (χ4v) is 7.98. The van der Waals surface area contributed by atoms with Gasteiger partial charge in [0.25, 0.3) is 10.1 Å². The standard InChI is InChI=1S/C37H61NO7S2/c1-3-4-5-6-7-8-9-10-11-12-13-14-15-16-19-22-36-43-31-33(44-36)30-42-35(39)21-18-17-20-27-38-28-29-46-37(38)45-47(40,41)34-25-23-32(2)24-26-34/h23-26,28-29,33,36-37H,3-22,27,30-31H2,1-2H3. The number of esters is 1. The van der Waals surface area contributed by atoms with Gasteiger partial charge in [-0.05, 0) is 50.1 Å². The highest BCUT2D eigenvalue weighted by molar-refractivity contribution is 8.03. The van der Waals surface area contributed by atoms with E-state index in [9.17, 15) is 13.2 Å². The summed E-state index contributed by atoms with van der Waals surface area (Å²) in [6.07, 6.45) is 25.3. The first-order valence-electron chi connectivity index (χ1n) is 18.4. The molecular weight excluding hydrogens is 635 g/mol. The number of ether oxygens (including phenoxy) is 3. The number of thioether (sulfide) groups is 1. The number of nitrogens with zero attached hydrogens (tertiary/aromatic N) is 1. The van der Waals surface area contributed by atoms with Crippen molar-refractivity contribution < 1.29 is 31.6 Å². The molecule has 2 heterocycles. The number of hydrogen-bond donors (Lipinski definition) is 0. The molecule has 0 N–H and O–H groups in total. The lowest BCUT2D eigenvalue weighted by atomic mass is 10.0. The third-order valence-corrected chi connectivity index (χ3v) is 11.1. The molecule has 1 aromatic rings. The zero-order valence-electron chi connectivity index (χ0n) is 29.1. The summed E-state index contributed by atoms with van der Waals surface area (Å²) in [6, 6.07) is 6.64. The molecule has 3 atom stereocenters. The number of hydrogen-bond acceptors (Lipinski definition) is 9. The lowest BCUT2D eigenvalue weighted by Gasteiger charge is -2.24. The van der Waals surface area contributed by atoms with Crippen LogP contribution in [0.3, 0.4) is 0 Å². The molecule has 3 unspecified atom stereocenters. The van der Waals surface area contributed by atoms with E-state index in [-0.39, 0.29) is 29.9 Å². The first kappa shape index (κ1) is 39.8. The molecule has 1 fully saturated rings. The minimum atomic E-state index is -3.86. The van der Waals surface area contributed by atoms with Crippen LogP contribution in [-0.2, 0) is 33.3 Å². The average molecular weight is 696 g/mol. The van der Waals surface area contributed by atoms with E-state index in [1.807, 2.05) is 23.4 Å². The molecule has 2 aliphatic rings. The van der Waals surface area contributed by atoms with Crippen LogP contribution < -0.4 is 0 Å². The van der Waals surface area contributed by atoms with Gasteiger partial charge in [-0.3, -0.25) is 4.79 Å². The molecule has 0 aliphatic carbocycles. The number of carbonyl (C=O) groups excluding carboxylic acids is 1. The van der Waals surface area contributed by atoms with Crippen LogP contribution in [0.2, 0.25) is 0 Å². The van der Waals surface area contributed by atoms with Crippen molar-refractivity contribution in [1.29, 1.82) is 0 Å². The smallest absolute Gasteiger partial charge is 0.305 e. The summed E-state index contributed by atoms with van der Waals surface area (Å²) in [5.74, 6) is -0.221. The summed E-state index contributed by atoms with van der Waals surface area (Å²) in [5, 5.41) is 1.84. The minimum absolute atomic E-state index is 0.152. The Hall–Kier alpha value is -1.59. The van der Waals surface area contributed by atoms with Crippen LogP contribution in [0, 0.1) is 6.92 Å². The van der Waals surface area contributed by atoms with Crippen molar-refractivity contribution in [2.24, 2.45) is 0 Å².